The second-order valence-electron chi connectivity index (χ2n) is 8.76. The van der Waals surface area contributed by atoms with Crippen LogP contribution in [0.4, 0.5) is 5.88 Å². The molecule has 0 unspecified atom stereocenters. The van der Waals surface area contributed by atoms with E-state index in [9.17, 15) is 8.42 Å². The number of anilines is 1. The molecule has 0 aliphatic carbocycles. The van der Waals surface area contributed by atoms with Crippen molar-refractivity contribution in [3.05, 3.63) is 84.4 Å². The maximum Gasteiger partial charge on any atom is 0.236 e. The fourth-order valence-electron chi connectivity index (χ4n) is 4.50. The lowest BCUT2D eigenvalue weighted by atomic mass is 10.1. The van der Waals surface area contributed by atoms with Gasteiger partial charge in [0, 0.05) is 38.3 Å². The SMILES string of the molecule is O=S(=O)(c1ccccc1)c1nc(-c2ccccc2)oc1N1CCN(Cc2ccc3c(c2)OCO3)CC1. The van der Waals surface area contributed by atoms with E-state index >= 15 is 0 Å². The van der Waals surface area contributed by atoms with Crippen molar-refractivity contribution in [2.75, 3.05) is 37.9 Å². The number of piperazine rings is 1. The number of aromatic nitrogens is 1. The second-order valence-corrected chi connectivity index (χ2v) is 10.6. The molecule has 0 atom stereocenters. The van der Waals surface area contributed by atoms with Gasteiger partial charge in [0.15, 0.2) is 11.5 Å². The summed E-state index contributed by atoms with van der Waals surface area (Å²) >= 11 is 0. The Kier molecular flexibility index (Phi) is 5.86. The zero-order valence-electron chi connectivity index (χ0n) is 19.5. The van der Waals surface area contributed by atoms with E-state index in [4.69, 9.17) is 13.9 Å². The number of rotatable bonds is 6. The Morgan fingerprint density at radius 3 is 2.25 bits per heavy atom. The number of ether oxygens (including phenoxy) is 2. The van der Waals surface area contributed by atoms with Crippen LogP contribution in [0.5, 0.6) is 11.5 Å². The molecule has 184 valence electrons. The summed E-state index contributed by atoms with van der Waals surface area (Å²) in [6.07, 6.45) is 0. The lowest BCUT2D eigenvalue weighted by Crippen LogP contribution is -2.46. The van der Waals surface area contributed by atoms with Crippen LogP contribution in [0.2, 0.25) is 0 Å². The molecule has 0 radical (unpaired) electrons. The van der Waals surface area contributed by atoms with E-state index < -0.39 is 9.84 Å². The summed E-state index contributed by atoms with van der Waals surface area (Å²) in [6.45, 7) is 3.76. The average Bonchev–Trinajstić information content (AvgIpc) is 3.58. The smallest absolute Gasteiger partial charge is 0.236 e. The molecule has 0 spiro atoms. The molecule has 1 aromatic heterocycles. The van der Waals surface area contributed by atoms with Crippen molar-refractivity contribution >= 4 is 15.7 Å². The van der Waals surface area contributed by atoms with Crippen molar-refractivity contribution in [2.45, 2.75) is 16.5 Å². The second kappa shape index (κ2) is 9.33. The van der Waals surface area contributed by atoms with Gasteiger partial charge in [0.25, 0.3) is 0 Å². The molecule has 0 amide bonds. The summed E-state index contributed by atoms with van der Waals surface area (Å²) in [5, 5.41) is -0.0447. The molecule has 3 aromatic carbocycles. The summed E-state index contributed by atoms with van der Waals surface area (Å²) in [5.41, 5.74) is 1.88. The monoisotopic (exact) mass is 503 g/mol. The summed E-state index contributed by atoms with van der Waals surface area (Å²) in [4.78, 5) is 8.99. The van der Waals surface area contributed by atoms with Gasteiger partial charge in [0.1, 0.15) is 0 Å². The van der Waals surface area contributed by atoms with E-state index in [0.29, 0.717) is 24.9 Å². The fraction of sp³-hybridized carbons (Fsp3) is 0.222. The molecule has 3 heterocycles. The lowest BCUT2D eigenvalue weighted by Gasteiger charge is -2.34. The molecular weight excluding hydrogens is 478 g/mol. The number of oxazole rings is 1. The first-order valence-corrected chi connectivity index (χ1v) is 13.3. The van der Waals surface area contributed by atoms with Crippen LogP contribution in [0.25, 0.3) is 11.5 Å². The highest BCUT2D eigenvalue weighted by molar-refractivity contribution is 7.91. The maximum absolute atomic E-state index is 13.6. The van der Waals surface area contributed by atoms with Crippen LogP contribution in [-0.2, 0) is 16.4 Å². The summed E-state index contributed by atoms with van der Waals surface area (Å²) in [7, 11) is -3.86. The van der Waals surface area contributed by atoms with Gasteiger partial charge < -0.3 is 18.8 Å². The van der Waals surface area contributed by atoms with Gasteiger partial charge in [-0.25, -0.2) is 8.42 Å². The topological polar surface area (TPSA) is 85.1 Å². The van der Waals surface area contributed by atoms with E-state index in [0.717, 1.165) is 42.3 Å². The molecule has 2 aliphatic rings. The molecule has 1 saturated heterocycles. The third-order valence-corrected chi connectivity index (χ3v) is 8.08. The highest BCUT2D eigenvalue weighted by Gasteiger charge is 2.32. The molecule has 6 rings (SSSR count). The molecule has 9 heteroatoms. The first kappa shape index (κ1) is 22.6. The van der Waals surface area contributed by atoms with Crippen LogP contribution in [0.15, 0.2) is 93.2 Å². The summed E-state index contributed by atoms with van der Waals surface area (Å²) < 4.78 is 44.2. The molecule has 4 aromatic rings. The van der Waals surface area contributed by atoms with E-state index in [2.05, 4.69) is 9.88 Å². The Bertz CT molecular complexity index is 1460. The van der Waals surface area contributed by atoms with E-state index in [1.807, 2.05) is 53.4 Å². The molecule has 2 aliphatic heterocycles. The predicted molar refractivity (Wildman–Crippen MR) is 134 cm³/mol. The normalized spacial score (nSPS) is 15.8. The molecule has 0 saturated carbocycles. The Hall–Kier alpha value is -3.82. The van der Waals surface area contributed by atoms with Crippen LogP contribution in [0.1, 0.15) is 5.56 Å². The standard InChI is InChI=1S/C27H25N3O5S/c31-36(32,22-9-5-2-6-10-22)26-27(35-25(28-26)21-7-3-1-4-8-21)30-15-13-29(14-16-30)18-20-11-12-23-24(17-20)34-19-33-23/h1-12,17H,13-16,18-19H2. The fourth-order valence-corrected chi connectivity index (χ4v) is 5.84. The van der Waals surface area contributed by atoms with Crippen molar-refractivity contribution in [1.82, 2.24) is 9.88 Å². The number of benzene rings is 3. The largest absolute Gasteiger partial charge is 0.454 e. The highest BCUT2D eigenvalue weighted by atomic mass is 32.2. The zero-order chi connectivity index (χ0) is 24.5. The highest BCUT2D eigenvalue weighted by Crippen LogP contribution is 2.36. The summed E-state index contributed by atoms with van der Waals surface area (Å²) in [6, 6.07) is 23.7. The third-order valence-electron chi connectivity index (χ3n) is 6.41. The number of hydrogen-bond donors (Lipinski definition) is 0. The molecule has 1 fully saturated rings. The number of hydrogen-bond acceptors (Lipinski definition) is 8. The van der Waals surface area contributed by atoms with Gasteiger partial charge in [-0.05, 0) is 42.0 Å². The third kappa shape index (κ3) is 4.31. The minimum absolute atomic E-state index is 0.0447. The van der Waals surface area contributed by atoms with Gasteiger partial charge in [-0.2, -0.15) is 4.98 Å². The van der Waals surface area contributed by atoms with Gasteiger partial charge in [0.2, 0.25) is 33.4 Å². The number of sulfone groups is 1. The van der Waals surface area contributed by atoms with E-state index in [1.54, 1.807) is 30.3 Å². The Morgan fingerprint density at radius 1 is 0.806 bits per heavy atom. The average molecular weight is 504 g/mol. The lowest BCUT2D eigenvalue weighted by molar-refractivity contribution is 0.174. The van der Waals surface area contributed by atoms with Crippen molar-refractivity contribution in [2.24, 2.45) is 0 Å². The maximum atomic E-state index is 13.6. The predicted octanol–water partition coefficient (Wildman–Crippen LogP) is 4.23. The van der Waals surface area contributed by atoms with E-state index in [1.165, 1.54) is 0 Å². The Labute approximate surface area is 209 Å². The van der Waals surface area contributed by atoms with Crippen LogP contribution < -0.4 is 14.4 Å². The first-order valence-electron chi connectivity index (χ1n) is 11.8. The van der Waals surface area contributed by atoms with Gasteiger partial charge in [-0.15, -0.1) is 0 Å². The minimum Gasteiger partial charge on any atom is -0.454 e. The van der Waals surface area contributed by atoms with Crippen LogP contribution in [-0.4, -0.2) is 51.3 Å². The van der Waals surface area contributed by atoms with Gasteiger partial charge in [0.05, 0.1) is 4.90 Å². The Morgan fingerprint density at radius 2 is 1.50 bits per heavy atom. The van der Waals surface area contributed by atoms with Crippen LogP contribution >= 0.6 is 0 Å². The molecule has 8 nitrogen and oxygen atoms in total. The molecular formula is C27H25N3O5S. The van der Waals surface area contributed by atoms with Crippen LogP contribution in [0, 0.1) is 0 Å². The van der Waals surface area contributed by atoms with Crippen molar-refractivity contribution in [1.29, 1.82) is 0 Å². The Balaban J connectivity index is 1.25. The van der Waals surface area contributed by atoms with Crippen molar-refractivity contribution in [3.8, 4) is 23.0 Å². The number of nitrogens with zero attached hydrogens (tertiary/aromatic N) is 3. The van der Waals surface area contributed by atoms with Gasteiger partial charge in [-0.3, -0.25) is 4.90 Å². The minimum atomic E-state index is -3.86. The molecule has 0 N–H and O–H groups in total. The van der Waals surface area contributed by atoms with Gasteiger partial charge >= 0.3 is 0 Å². The molecule has 0 bridgehead atoms. The van der Waals surface area contributed by atoms with Crippen molar-refractivity contribution < 1.29 is 22.3 Å². The quantitative estimate of drug-likeness (QED) is 0.387. The van der Waals surface area contributed by atoms with E-state index in [-0.39, 0.29) is 16.7 Å². The summed E-state index contributed by atoms with van der Waals surface area (Å²) in [5.74, 6) is 2.13. The first-order chi connectivity index (χ1) is 17.6. The zero-order valence-corrected chi connectivity index (χ0v) is 20.4. The van der Waals surface area contributed by atoms with Crippen LogP contribution in [0.3, 0.4) is 0 Å². The molecule has 36 heavy (non-hydrogen) atoms. The van der Waals surface area contributed by atoms with Gasteiger partial charge in [-0.1, -0.05) is 42.5 Å². The van der Waals surface area contributed by atoms with Crippen molar-refractivity contribution in [3.63, 3.8) is 0 Å². The number of fused-ring (bicyclic) bond motifs is 1.